The van der Waals surface area contributed by atoms with E-state index in [9.17, 15) is 0 Å². The largest absolute Gasteiger partial charge is 0.368 e. The molecule has 1 saturated carbocycles. The molecule has 2 aliphatic rings. The predicted molar refractivity (Wildman–Crippen MR) is 81.5 cm³/mol. The van der Waals surface area contributed by atoms with Gasteiger partial charge in [-0.2, -0.15) is 4.98 Å². The van der Waals surface area contributed by atoms with Gasteiger partial charge in [0.1, 0.15) is 17.7 Å². The van der Waals surface area contributed by atoms with Gasteiger partial charge >= 0.3 is 0 Å². The first-order valence-electron chi connectivity index (χ1n) is 8.00. The van der Waals surface area contributed by atoms with Gasteiger partial charge in [-0.3, -0.25) is 0 Å². The molecule has 1 saturated heterocycles. The van der Waals surface area contributed by atoms with E-state index in [0.717, 1.165) is 43.1 Å². The standard InChI is InChI=1S/C15H20N6O/c1-2-7-21(6-1)8-5-17-14-12(9-16-10-18-14)15-19-13(20-22-15)11-3-4-11/h9-11H,1-8H2,(H,16,17,18). The molecule has 2 aromatic heterocycles. The second-order valence-corrected chi connectivity index (χ2v) is 5.99. The summed E-state index contributed by atoms with van der Waals surface area (Å²) in [6.07, 6.45) is 8.21. The lowest BCUT2D eigenvalue weighted by Gasteiger charge is -2.15. The van der Waals surface area contributed by atoms with E-state index in [4.69, 9.17) is 4.52 Å². The Hall–Kier alpha value is -2.02. The van der Waals surface area contributed by atoms with Crippen LogP contribution < -0.4 is 5.32 Å². The van der Waals surface area contributed by atoms with Gasteiger partial charge in [0.05, 0.1) is 0 Å². The molecule has 0 spiro atoms. The molecule has 0 atom stereocenters. The summed E-state index contributed by atoms with van der Waals surface area (Å²) in [6, 6.07) is 0. The zero-order chi connectivity index (χ0) is 14.8. The highest BCUT2D eigenvalue weighted by Crippen LogP contribution is 2.39. The zero-order valence-electron chi connectivity index (χ0n) is 12.5. The van der Waals surface area contributed by atoms with Crippen molar-refractivity contribution < 1.29 is 4.52 Å². The lowest BCUT2D eigenvalue weighted by atomic mass is 10.3. The number of anilines is 1. The summed E-state index contributed by atoms with van der Waals surface area (Å²) in [4.78, 5) is 15.4. The molecule has 2 aromatic rings. The Balaban J connectivity index is 1.44. The van der Waals surface area contributed by atoms with E-state index in [-0.39, 0.29) is 0 Å². The first kappa shape index (κ1) is 13.6. The van der Waals surface area contributed by atoms with Crippen molar-refractivity contribution in [3.63, 3.8) is 0 Å². The van der Waals surface area contributed by atoms with Crippen molar-refractivity contribution in [3.05, 3.63) is 18.3 Å². The molecule has 0 amide bonds. The first-order valence-corrected chi connectivity index (χ1v) is 8.00. The van der Waals surface area contributed by atoms with E-state index in [1.165, 1.54) is 25.9 Å². The molecule has 116 valence electrons. The first-order chi connectivity index (χ1) is 10.9. The van der Waals surface area contributed by atoms with Crippen molar-refractivity contribution in [2.45, 2.75) is 31.6 Å². The second-order valence-electron chi connectivity index (χ2n) is 5.99. The lowest BCUT2D eigenvalue weighted by molar-refractivity contribution is 0.352. The maximum Gasteiger partial charge on any atom is 0.263 e. The lowest BCUT2D eigenvalue weighted by Crippen LogP contribution is -2.26. The molecular formula is C15H20N6O. The summed E-state index contributed by atoms with van der Waals surface area (Å²) in [7, 11) is 0. The molecular weight excluding hydrogens is 280 g/mol. The fourth-order valence-electron chi connectivity index (χ4n) is 2.82. The fourth-order valence-corrected chi connectivity index (χ4v) is 2.82. The van der Waals surface area contributed by atoms with Crippen LogP contribution in [0.5, 0.6) is 0 Å². The molecule has 22 heavy (non-hydrogen) atoms. The smallest absolute Gasteiger partial charge is 0.263 e. The Kier molecular flexibility index (Phi) is 3.72. The van der Waals surface area contributed by atoms with Crippen LogP contribution in [-0.2, 0) is 0 Å². The molecule has 3 heterocycles. The monoisotopic (exact) mass is 300 g/mol. The number of likely N-dealkylation sites (tertiary alicyclic amines) is 1. The van der Waals surface area contributed by atoms with Crippen molar-refractivity contribution >= 4 is 5.82 Å². The maximum atomic E-state index is 5.38. The van der Waals surface area contributed by atoms with Gasteiger partial charge in [0.15, 0.2) is 5.82 Å². The minimum absolute atomic E-state index is 0.480. The zero-order valence-corrected chi connectivity index (χ0v) is 12.5. The summed E-state index contributed by atoms with van der Waals surface area (Å²) >= 11 is 0. The average Bonchev–Trinajstić information content (AvgIpc) is 3.07. The van der Waals surface area contributed by atoms with Gasteiger partial charge in [-0.25, -0.2) is 9.97 Å². The maximum absolute atomic E-state index is 5.38. The quantitative estimate of drug-likeness (QED) is 0.872. The van der Waals surface area contributed by atoms with E-state index in [1.54, 1.807) is 12.5 Å². The van der Waals surface area contributed by atoms with Crippen LogP contribution in [0.2, 0.25) is 0 Å². The molecule has 7 nitrogen and oxygen atoms in total. The Bertz CT molecular complexity index is 632. The van der Waals surface area contributed by atoms with Crippen LogP contribution in [0.25, 0.3) is 11.5 Å². The van der Waals surface area contributed by atoms with E-state index >= 15 is 0 Å². The number of nitrogens with one attached hydrogen (secondary N) is 1. The molecule has 1 N–H and O–H groups in total. The topological polar surface area (TPSA) is 80.0 Å². The highest BCUT2D eigenvalue weighted by molar-refractivity contribution is 5.67. The third-order valence-electron chi connectivity index (χ3n) is 4.25. The second kappa shape index (κ2) is 6.00. The Labute approximate surface area is 129 Å². The van der Waals surface area contributed by atoms with Gasteiger partial charge in [-0.05, 0) is 38.8 Å². The Morgan fingerprint density at radius 2 is 2.14 bits per heavy atom. The molecule has 1 aliphatic heterocycles. The molecule has 0 unspecified atom stereocenters. The summed E-state index contributed by atoms with van der Waals surface area (Å²) in [5, 5.41) is 7.43. The third-order valence-corrected chi connectivity index (χ3v) is 4.25. The number of hydrogen-bond donors (Lipinski definition) is 1. The van der Waals surface area contributed by atoms with Crippen molar-refractivity contribution in [3.8, 4) is 11.5 Å². The fraction of sp³-hybridized carbons (Fsp3) is 0.600. The highest BCUT2D eigenvalue weighted by atomic mass is 16.5. The highest BCUT2D eigenvalue weighted by Gasteiger charge is 2.29. The van der Waals surface area contributed by atoms with Gasteiger partial charge in [0.2, 0.25) is 0 Å². The van der Waals surface area contributed by atoms with Gasteiger partial charge in [-0.1, -0.05) is 5.16 Å². The SMILES string of the molecule is c1ncc(-c2nc(C3CC3)no2)c(NCCN2CCCC2)n1. The summed E-state index contributed by atoms with van der Waals surface area (Å²) < 4.78 is 5.38. The van der Waals surface area contributed by atoms with Crippen LogP contribution in [0.15, 0.2) is 17.0 Å². The van der Waals surface area contributed by atoms with E-state index < -0.39 is 0 Å². The van der Waals surface area contributed by atoms with E-state index in [1.807, 2.05) is 0 Å². The van der Waals surface area contributed by atoms with Gasteiger partial charge < -0.3 is 14.7 Å². The van der Waals surface area contributed by atoms with Crippen LogP contribution in [-0.4, -0.2) is 51.2 Å². The molecule has 0 aromatic carbocycles. The number of nitrogens with zero attached hydrogens (tertiary/aromatic N) is 5. The van der Waals surface area contributed by atoms with Crippen molar-refractivity contribution in [1.29, 1.82) is 0 Å². The summed E-state index contributed by atoms with van der Waals surface area (Å²) in [5.74, 6) is 2.56. The van der Waals surface area contributed by atoms with Crippen molar-refractivity contribution in [1.82, 2.24) is 25.0 Å². The van der Waals surface area contributed by atoms with Gasteiger partial charge in [0.25, 0.3) is 5.89 Å². The minimum Gasteiger partial charge on any atom is -0.368 e. The normalized spacial score (nSPS) is 18.7. The van der Waals surface area contributed by atoms with Crippen LogP contribution in [0, 0.1) is 0 Å². The molecule has 0 radical (unpaired) electrons. The third kappa shape index (κ3) is 2.94. The Morgan fingerprint density at radius 3 is 2.95 bits per heavy atom. The Morgan fingerprint density at radius 1 is 1.27 bits per heavy atom. The average molecular weight is 300 g/mol. The van der Waals surface area contributed by atoms with E-state index in [0.29, 0.717) is 11.8 Å². The molecule has 4 rings (SSSR count). The minimum atomic E-state index is 0.480. The van der Waals surface area contributed by atoms with Crippen LogP contribution in [0.4, 0.5) is 5.82 Å². The number of rotatable bonds is 6. The van der Waals surface area contributed by atoms with Crippen molar-refractivity contribution in [2.75, 3.05) is 31.5 Å². The molecule has 0 bridgehead atoms. The van der Waals surface area contributed by atoms with Crippen molar-refractivity contribution in [2.24, 2.45) is 0 Å². The van der Waals surface area contributed by atoms with Crippen LogP contribution >= 0.6 is 0 Å². The summed E-state index contributed by atoms with van der Waals surface area (Å²) in [5.41, 5.74) is 0.781. The summed E-state index contributed by atoms with van der Waals surface area (Å²) in [6.45, 7) is 4.29. The number of hydrogen-bond acceptors (Lipinski definition) is 7. The van der Waals surface area contributed by atoms with Gasteiger partial charge in [0, 0.05) is 25.2 Å². The van der Waals surface area contributed by atoms with Crippen LogP contribution in [0.3, 0.4) is 0 Å². The molecule has 1 aliphatic carbocycles. The predicted octanol–water partition coefficient (Wildman–Crippen LogP) is 1.91. The number of aromatic nitrogens is 4. The molecule has 2 fully saturated rings. The van der Waals surface area contributed by atoms with Gasteiger partial charge in [-0.15, -0.1) is 0 Å². The van der Waals surface area contributed by atoms with Crippen LogP contribution in [0.1, 0.15) is 37.4 Å². The van der Waals surface area contributed by atoms with E-state index in [2.05, 4.69) is 30.3 Å². The molecule has 7 heteroatoms.